The van der Waals surface area contributed by atoms with Crippen molar-refractivity contribution in [1.29, 1.82) is 0 Å². The van der Waals surface area contributed by atoms with Crippen LogP contribution in [0.25, 0.3) is 0 Å². The molecule has 0 aromatic heterocycles. The van der Waals surface area contributed by atoms with Crippen LogP contribution in [0.15, 0.2) is 60.8 Å². The van der Waals surface area contributed by atoms with E-state index in [9.17, 15) is 19.5 Å². The number of hydrogen-bond acceptors (Lipinski definition) is 6. The molecule has 58 heavy (non-hydrogen) atoms. The summed E-state index contributed by atoms with van der Waals surface area (Å²) in [6.45, 7) is 4.64. The van der Waals surface area contributed by atoms with Gasteiger partial charge in [0.2, 0.25) is 0 Å². The molecule has 0 aromatic rings. The SMILES string of the molecule is CCCCC/C=C/C/C=C/C/C=C/C/C=C/CCCC(=O)OC(COCCC(C(=O)O)[N+](C)(C)C)COC(=O)CCCCCCCCC/C=C/CCCCCCCC. The van der Waals surface area contributed by atoms with Crippen molar-refractivity contribution in [1.82, 2.24) is 0 Å². The minimum Gasteiger partial charge on any atom is -0.477 e. The normalized spacial score (nSPS) is 13.5. The number of aliphatic carboxylic acids is 1. The van der Waals surface area contributed by atoms with Gasteiger partial charge in [0.15, 0.2) is 12.1 Å². The number of carbonyl (C=O) groups excluding carboxylic acids is 2. The van der Waals surface area contributed by atoms with Crippen LogP contribution in [0.2, 0.25) is 0 Å². The Labute approximate surface area is 356 Å². The predicted molar refractivity (Wildman–Crippen MR) is 243 cm³/mol. The Morgan fingerprint density at radius 1 is 0.517 bits per heavy atom. The summed E-state index contributed by atoms with van der Waals surface area (Å²) in [7, 11) is 5.50. The fraction of sp³-hybridized carbons (Fsp3) is 0.740. The van der Waals surface area contributed by atoms with Gasteiger partial charge in [-0.05, 0) is 77.0 Å². The molecule has 0 aliphatic carbocycles. The van der Waals surface area contributed by atoms with Crippen molar-refractivity contribution in [3.63, 3.8) is 0 Å². The minimum absolute atomic E-state index is 0.0363. The number of hydrogen-bond donors (Lipinski definition) is 1. The minimum atomic E-state index is -0.885. The van der Waals surface area contributed by atoms with Crippen molar-refractivity contribution < 1.29 is 38.2 Å². The molecular weight excluding hydrogens is 727 g/mol. The number of rotatable bonds is 41. The number of carboxylic acid groups (broad SMARTS) is 1. The number of esters is 2. The summed E-state index contributed by atoms with van der Waals surface area (Å²) in [5.41, 5.74) is 0. The molecular formula is C50H88NO7+. The Kier molecular flexibility index (Phi) is 38.7. The lowest BCUT2D eigenvalue weighted by Gasteiger charge is -2.31. The molecule has 8 nitrogen and oxygen atoms in total. The zero-order valence-electron chi connectivity index (χ0n) is 38.0. The van der Waals surface area contributed by atoms with Crippen LogP contribution < -0.4 is 0 Å². The highest BCUT2D eigenvalue weighted by Crippen LogP contribution is 2.13. The number of nitrogens with zero attached hydrogens (tertiary/aromatic N) is 1. The summed E-state index contributed by atoms with van der Waals surface area (Å²) in [6, 6.07) is -0.627. The van der Waals surface area contributed by atoms with Crippen molar-refractivity contribution in [2.75, 3.05) is 41.0 Å². The molecule has 8 heteroatoms. The van der Waals surface area contributed by atoms with Crippen molar-refractivity contribution in [2.45, 2.75) is 199 Å². The second kappa shape index (κ2) is 40.8. The first-order valence-corrected chi connectivity index (χ1v) is 23.3. The van der Waals surface area contributed by atoms with Gasteiger partial charge in [-0.15, -0.1) is 0 Å². The average Bonchev–Trinajstić information content (AvgIpc) is 3.18. The van der Waals surface area contributed by atoms with E-state index in [0.717, 1.165) is 44.9 Å². The largest absolute Gasteiger partial charge is 0.477 e. The highest BCUT2D eigenvalue weighted by Gasteiger charge is 2.31. The van der Waals surface area contributed by atoms with Crippen LogP contribution in [0.4, 0.5) is 0 Å². The second-order valence-corrected chi connectivity index (χ2v) is 16.7. The van der Waals surface area contributed by atoms with E-state index in [1.54, 1.807) is 0 Å². The van der Waals surface area contributed by atoms with Gasteiger partial charge in [0.1, 0.15) is 6.61 Å². The molecule has 0 bridgehead atoms. The smallest absolute Gasteiger partial charge is 0.362 e. The van der Waals surface area contributed by atoms with E-state index in [2.05, 4.69) is 74.6 Å². The number of ether oxygens (including phenoxy) is 3. The zero-order valence-corrected chi connectivity index (χ0v) is 38.0. The van der Waals surface area contributed by atoms with E-state index in [1.165, 1.54) is 103 Å². The molecule has 0 saturated heterocycles. The highest BCUT2D eigenvalue weighted by atomic mass is 16.6. The lowest BCUT2D eigenvalue weighted by Crippen LogP contribution is -2.50. The standard InChI is InChI=1S/C50H87NO7/c1-6-8-10-12-14-16-18-20-22-24-26-28-30-32-34-36-38-40-48(52)57-45-46(44-56-43-42-47(50(54)55)51(3,4)5)58-49(53)41-39-37-35-33-31-29-27-25-23-21-19-17-15-13-11-9-7-2/h15,17,20-23,27,29,33,35,46-47H,6-14,16,18-19,24-26,28,30-32,34,36-45H2,1-5H3/p+1/b17-15+,22-20+,23-21+,29-27+,35-33+. The maximum absolute atomic E-state index is 12.7. The number of likely N-dealkylation sites (N-methyl/N-ethyl adjacent to an activating group) is 1. The van der Waals surface area contributed by atoms with Crippen LogP contribution in [0.5, 0.6) is 0 Å². The van der Waals surface area contributed by atoms with E-state index >= 15 is 0 Å². The lowest BCUT2D eigenvalue weighted by atomic mass is 10.1. The Hall–Kier alpha value is -2.97. The summed E-state index contributed by atoms with van der Waals surface area (Å²) >= 11 is 0. The van der Waals surface area contributed by atoms with Gasteiger partial charge in [0.25, 0.3) is 0 Å². The summed E-state index contributed by atoms with van der Waals surface area (Å²) in [5, 5.41) is 9.63. The van der Waals surface area contributed by atoms with Gasteiger partial charge in [-0.3, -0.25) is 9.59 Å². The van der Waals surface area contributed by atoms with Crippen molar-refractivity contribution in [2.24, 2.45) is 0 Å². The molecule has 0 aromatic carbocycles. The van der Waals surface area contributed by atoms with E-state index in [1.807, 2.05) is 21.1 Å². The van der Waals surface area contributed by atoms with Crippen LogP contribution in [0.1, 0.15) is 187 Å². The van der Waals surface area contributed by atoms with Crippen LogP contribution in [-0.4, -0.2) is 80.6 Å². The number of quaternary nitrogens is 1. The maximum atomic E-state index is 12.7. The molecule has 0 aliphatic rings. The van der Waals surface area contributed by atoms with Gasteiger partial charge in [0, 0.05) is 19.3 Å². The van der Waals surface area contributed by atoms with Gasteiger partial charge < -0.3 is 23.8 Å². The van der Waals surface area contributed by atoms with Crippen molar-refractivity contribution in [3.05, 3.63) is 60.8 Å². The predicted octanol–water partition coefficient (Wildman–Crippen LogP) is 13.0. The molecule has 2 unspecified atom stereocenters. The summed E-state index contributed by atoms with van der Waals surface area (Å²) in [4.78, 5) is 37.0. The number of allylic oxidation sites excluding steroid dienone is 10. The fourth-order valence-corrected chi connectivity index (χ4v) is 6.49. The second-order valence-electron chi connectivity index (χ2n) is 16.7. The third-order valence-electron chi connectivity index (χ3n) is 10.1. The van der Waals surface area contributed by atoms with Gasteiger partial charge >= 0.3 is 17.9 Å². The first-order valence-electron chi connectivity index (χ1n) is 23.3. The van der Waals surface area contributed by atoms with Crippen LogP contribution in [0.3, 0.4) is 0 Å². The number of unbranched alkanes of at least 4 members (excludes halogenated alkanes) is 17. The molecule has 0 fully saturated rings. The quantitative estimate of drug-likeness (QED) is 0.0284. The molecule has 0 amide bonds. The Morgan fingerprint density at radius 2 is 0.931 bits per heavy atom. The van der Waals surface area contributed by atoms with E-state index in [4.69, 9.17) is 14.2 Å². The molecule has 0 saturated carbocycles. The number of carbonyl (C=O) groups is 3. The van der Waals surface area contributed by atoms with Crippen LogP contribution >= 0.6 is 0 Å². The van der Waals surface area contributed by atoms with Crippen molar-refractivity contribution in [3.8, 4) is 0 Å². The highest BCUT2D eigenvalue weighted by molar-refractivity contribution is 5.72. The summed E-state index contributed by atoms with van der Waals surface area (Å²) < 4.78 is 17.2. The third-order valence-corrected chi connectivity index (χ3v) is 10.1. The van der Waals surface area contributed by atoms with Gasteiger partial charge in [-0.25, -0.2) is 4.79 Å². The third kappa shape index (κ3) is 38.5. The monoisotopic (exact) mass is 815 g/mol. The molecule has 1 N–H and O–H groups in total. The zero-order chi connectivity index (χ0) is 42.8. The first kappa shape index (κ1) is 55.0. The fourth-order valence-electron chi connectivity index (χ4n) is 6.49. The molecule has 0 spiro atoms. The van der Waals surface area contributed by atoms with Crippen LogP contribution in [-0.2, 0) is 28.6 Å². The summed E-state index contributed by atoms with van der Waals surface area (Å²) in [5.74, 6) is -1.55. The Morgan fingerprint density at radius 3 is 1.45 bits per heavy atom. The van der Waals surface area contributed by atoms with Gasteiger partial charge in [-0.1, -0.05) is 152 Å². The Balaban J connectivity index is 4.42. The maximum Gasteiger partial charge on any atom is 0.362 e. The van der Waals surface area contributed by atoms with E-state index in [-0.39, 0.29) is 42.7 Å². The molecule has 334 valence electrons. The van der Waals surface area contributed by atoms with E-state index < -0.39 is 18.1 Å². The molecule has 0 heterocycles. The van der Waals surface area contributed by atoms with Gasteiger partial charge in [-0.2, -0.15) is 0 Å². The van der Waals surface area contributed by atoms with Crippen molar-refractivity contribution >= 4 is 17.9 Å². The van der Waals surface area contributed by atoms with Gasteiger partial charge in [0.05, 0.1) is 34.4 Å². The van der Waals surface area contributed by atoms with E-state index in [0.29, 0.717) is 19.3 Å². The molecule has 2 atom stereocenters. The molecule has 0 radical (unpaired) electrons. The molecule has 0 aliphatic heterocycles. The first-order chi connectivity index (χ1) is 28.1. The summed E-state index contributed by atoms with van der Waals surface area (Å²) in [6.07, 6.45) is 49.8. The van der Waals surface area contributed by atoms with Crippen LogP contribution in [0, 0.1) is 0 Å². The average molecular weight is 815 g/mol. The Bertz CT molecular complexity index is 1130. The molecule has 0 rings (SSSR count). The lowest BCUT2D eigenvalue weighted by molar-refractivity contribution is -0.887. The topological polar surface area (TPSA) is 99.1 Å². The number of carboxylic acids is 1.